The minimum absolute atomic E-state index is 0.00254. The van der Waals surface area contributed by atoms with Gasteiger partial charge in [-0.2, -0.15) is 5.10 Å². The van der Waals surface area contributed by atoms with Crippen molar-refractivity contribution in [1.29, 1.82) is 0 Å². The Hall–Kier alpha value is -2.07. The van der Waals surface area contributed by atoms with E-state index >= 15 is 0 Å². The summed E-state index contributed by atoms with van der Waals surface area (Å²) < 4.78 is 7.87. The Balaban J connectivity index is 2.67. The Bertz CT molecular complexity index is 921. The van der Waals surface area contributed by atoms with Gasteiger partial charge in [-0.05, 0) is 83.7 Å². The molecule has 0 radical (unpaired) electrons. The first kappa shape index (κ1) is 22.2. The summed E-state index contributed by atoms with van der Waals surface area (Å²) in [5.74, 6) is 0.474. The largest absolute Gasteiger partial charge is 0.474 e. The Morgan fingerprint density at radius 2 is 1.82 bits per heavy atom. The Labute approximate surface area is 173 Å². The highest BCUT2D eigenvalue weighted by Gasteiger charge is 2.27. The van der Waals surface area contributed by atoms with Crippen LogP contribution in [0.4, 0.5) is 0 Å². The highest BCUT2D eigenvalue weighted by molar-refractivity contribution is 6.32. The third-order valence-electron chi connectivity index (χ3n) is 5.28. The Kier molecular flexibility index (Phi) is 7.11. The summed E-state index contributed by atoms with van der Waals surface area (Å²) in [5.41, 5.74) is 5.92. The van der Waals surface area contributed by atoms with Crippen LogP contribution in [0.3, 0.4) is 0 Å². The number of nitrogens with zero attached hydrogens (tertiary/aromatic N) is 2. The van der Waals surface area contributed by atoms with Crippen LogP contribution in [0.25, 0.3) is 5.57 Å². The number of allylic oxidation sites excluding steroid dienone is 2. The predicted molar refractivity (Wildman–Crippen MR) is 117 cm³/mol. The van der Waals surface area contributed by atoms with Gasteiger partial charge in [0.2, 0.25) is 11.7 Å². The first-order valence-corrected chi connectivity index (χ1v) is 10.2. The topological polar surface area (TPSA) is 44.1 Å². The number of carbonyl (C=O) groups is 1. The molecule has 0 saturated carbocycles. The van der Waals surface area contributed by atoms with E-state index in [1.165, 1.54) is 5.57 Å². The maximum Gasteiger partial charge on any atom is 0.223 e. The zero-order valence-electron chi connectivity index (χ0n) is 18.2. The molecule has 5 heteroatoms. The van der Waals surface area contributed by atoms with Crippen LogP contribution in [0.5, 0.6) is 5.88 Å². The van der Waals surface area contributed by atoms with E-state index in [9.17, 15) is 4.79 Å². The van der Waals surface area contributed by atoms with Crippen molar-refractivity contribution >= 4 is 23.0 Å². The summed E-state index contributed by atoms with van der Waals surface area (Å²) in [5, 5.41) is 5.19. The molecule has 1 aromatic carbocycles. The molecule has 2 rings (SSSR count). The van der Waals surface area contributed by atoms with Crippen LogP contribution in [-0.2, 0) is 6.54 Å². The average Bonchev–Trinajstić information content (AvgIpc) is 2.96. The van der Waals surface area contributed by atoms with Gasteiger partial charge in [-0.25, -0.2) is 4.68 Å². The number of carbonyl (C=O) groups excluding carboxylic acids is 1. The molecule has 2 aromatic rings. The van der Waals surface area contributed by atoms with Crippen molar-refractivity contribution in [3.8, 4) is 5.88 Å². The van der Waals surface area contributed by atoms with Crippen molar-refractivity contribution in [3.63, 3.8) is 0 Å². The van der Waals surface area contributed by atoms with Crippen LogP contribution in [0.2, 0.25) is 5.02 Å². The van der Waals surface area contributed by atoms with E-state index in [1.807, 2.05) is 48.5 Å². The number of ketones is 1. The maximum atomic E-state index is 13.6. The average molecular weight is 403 g/mol. The summed E-state index contributed by atoms with van der Waals surface area (Å²) in [6, 6.07) is 3.61. The first-order valence-electron chi connectivity index (χ1n) is 9.86. The van der Waals surface area contributed by atoms with E-state index in [2.05, 4.69) is 12.0 Å². The molecule has 28 heavy (non-hydrogen) atoms. The van der Waals surface area contributed by atoms with Gasteiger partial charge in [-0.15, -0.1) is 0 Å². The van der Waals surface area contributed by atoms with Crippen molar-refractivity contribution in [1.82, 2.24) is 9.78 Å². The van der Waals surface area contributed by atoms with Gasteiger partial charge in [0.1, 0.15) is 5.56 Å². The molecule has 1 unspecified atom stereocenters. The van der Waals surface area contributed by atoms with Gasteiger partial charge in [0.05, 0.1) is 11.8 Å². The molecule has 0 spiro atoms. The number of rotatable bonds is 7. The van der Waals surface area contributed by atoms with Crippen molar-refractivity contribution in [2.45, 2.75) is 74.5 Å². The summed E-state index contributed by atoms with van der Waals surface area (Å²) >= 11 is 6.48. The van der Waals surface area contributed by atoms with Crippen LogP contribution < -0.4 is 4.74 Å². The molecule has 0 saturated heterocycles. The fourth-order valence-corrected chi connectivity index (χ4v) is 3.55. The molecule has 0 aliphatic rings. The number of hydrogen-bond acceptors (Lipinski definition) is 3. The first-order chi connectivity index (χ1) is 13.1. The molecule has 1 aromatic heterocycles. The van der Waals surface area contributed by atoms with Crippen LogP contribution in [-0.4, -0.2) is 21.7 Å². The fraction of sp³-hybridized carbons (Fsp3) is 0.478. The van der Waals surface area contributed by atoms with E-state index in [4.69, 9.17) is 16.3 Å². The highest BCUT2D eigenvalue weighted by Crippen LogP contribution is 2.34. The molecule has 0 bridgehead atoms. The van der Waals surface area contributed by atoms with Crippen LogP contribution in [0.15, 0.2) is 17.7 Å². The number of aromatic nitrogens is 2. The summed E-state index contributed by atoms with van der Waals surface area (Å²) in [6.45, 7) is 16.6. The van der Waals surface area contributed by atoms with Crippen LogP contribution in [0.1, 0.15) is 80.7 Å². The van der Waals surface area contributed by atoms with Crippen molar-refractivity contribution in [3.05, 3.63) is 50.7 Å². The second-order valence-corrected chi connectivity index (χ2v) is 7.87. The van der Waals surface area contributed by atoms with E-state index in [0.29, 0.717) is 34.3 Å². The number of hydrogen-bond donors (Lipinski definition) is 0. The van der Waals surface area contributed by atoms with E-state index in [-0.39, 0.29) is 11.9 Å². The second kappa shape index (κ2) is 8.95. The molecule has 4 nitrogen and oxygen atoms in total. The molecule has 1 heterocycles. The van der Waals surface area contributed by atoms with Gasteiger partial charge >= 0.3 is 0 Å². The van der Waals surface area contributed by atoms with Gasteiger partial charge in [0.15, 0.2) is 0 Å². The molecule has 0 fully saturated rings. The SMILES string of the molecule is CCC(C)Oc1c(C(=O)c2ccc(Cl)c(C(C)=C(C)C)c2C)c(C)nn1CC. The van der Waals surface area contributed by atoms with Crippen molar-refractivity contribution < 1.29 is 9.53 Å². The lowest BCUT2D eigenvalue weighted by molar-refractivity contribution is 0.102. The smallest absolute Gasteiger partial charge is 0.223 e. The third-order valence-corrected chi connectivity index (χ3v) is 5.59. The molecular weight excluding hydrogens is 372 g/mol. The highest BCUT2D eigenvalue weighted by atomic mass is 35.5. The third kappa shape index (κ3) is 4.17. The molecule has 0 amide bonds. The van der Waals surface area contributed by atoms with Crippen molar-refractivity contribution in [2.24, 2.45) is 0 Å². The zero-order valence-corrected chi connectivity index (χ0v) is 19.0. The predicted octanol–water partition coefficient (Wildman–Crippen LogP) is 6.39. The molecule has 1 atom stereocenters. The summed E-state index contributed by atoms with van der Waals surface area (Å²) in [4.78, 5) is 13.6. The molecule has 0 N–H and O–H groups in total. The van der Waals surface area contributed by atoms with E-state index < -0.39 is 0 Å². The lowest BCUT2D eigenvalue weighted by Crippen LogP contribution is -2.16. The van der Waals surface area contributed by atoms with Gasteiger partial charge < -0.3 is 4.74 Å². The Morgan fingerprint density at radius 3 is 2.36 bits per heavy atom. The summed E-state index contributed by atoms with van der Waals surface area (Å²) in [7, 11) is 0. The van der Waals surface area contributed by atoms with Gasteiger partial charge in [0.25, 0.3) is 0 Å². The number of benzene rings is 1. The van der Waals surface area contributed by atoms with Gasteiger partial charge in [-0.3, -0.25) is 4.79 Å². The Morgan fingerprint density at radius 1 is 1.18 bits per heavy atom. The molecule has 0 aliphatic heterocycles. The molecule has 152 valence electrons. The fourth-order valence-electron chi connectivity index (χ4n) is 3.20. The molecular formula is C23H31ClN2O2. The zero-order chi connectivity index (χ0) is 21.2. The quantitative estimate of drug-likeness (QED) is 0.503. The normalized spacial score (nSPS) is 12.0. The maximum absolute atomic E-state index is 13.6. The monoisotopic (exact) mass is 402 g/mol. The molecule has 0 aliphatic carbocycles. The number of ether oxygens (including phenoxy) is 1. The van der Waals surface area contributed by atoms with Crippen LogP contribution in [0, 0.1) is 13.8 Å². The van der Waals surface area contributed by atoms with Gasteiger partial charge in [0, 0.05) is 17.1 Å². The van der Waals surface area contributed by atoms with E-state index in [0.717, 1.165) is 23.1 Å². The minimum Gasteiger partial charge on any atom is -0.474 e. The number of halogens is 1. The number of aryl methyl sites for hydroxylation is 2. The lowest BCUT2D eigenvalue weighted by Gasteiger charge is -2.17. The lowest BCUT2D eigenvalue weighted by atomic mass is 9.91. The van der Waals surface area contributed by atoms with E-state index in [1.54, 1.807) is 16.8 Å². The van der Waals surface area contributed by atoms with Gasteiger partial charge in [-0.1, -0.05) is 24.1 Å². The van der Waals surface area contributed by atoms with Crippen molar-refractivity contribution in [2.75, 3.05) is 0 Å². The minimum atomic E-state index is -0.0764. The second-order valence-electron chi connectivity index (χ2n) is 7.47. The van der Waals surface area contributed by atoms with Crippen LogP contribution >= 0.6 is 11.6 Å². The summed E-state index contributed by atoms with van der Waals surface area (Å²) in [6.07, 6.45) is 0.855. The standard InChI is InChI=1S/C23H31ClN2O2/c1-9-14(5)28-23-21(17(8)25-26(23)10-2)22(27)18-11-12-19(24)20(16(18)7)15(6)13(3)4/h11-12,14H,9-10H2,1-8H3.